The lowest BCUT2D eigenvalue weighted by molar-refractivity contribution is -0.135. The molecule has 0 spiro atoms. The zero-order chi connectivity index (χ0) is 18.8. The fourth-order valence-electron chi connectivity index (χ4n) is 3.72. The lowest BCUT2D eigenvalue weighted by atomic mass is 10.1. The van der Waals surface area contributed by atoms with Crippen LogP contribution in [0.2, 0.25) is 0 Å². The molecule has 0 bridgehead atoms. The summed E-state index contributed by atoms with van der Waals surface area (Å²) >= 11 is 0. The standard InChI is InChI=1S/C20H27N3O3/c1-5-23(6-2)20(25)17-11-16(12-22(17)4)21-19(24)14-7-8-18-15(10-14)9-13(3)26-18/h7-10,16-17H,5-6,11-12H2,1-4H3,(H,21,24)/t16-,17+/m1/s1. The Hall–Kier alpha value is -2.34. The van der Waals surface area contributed by atoms with Gasteiger partial charge >= 0.3 is 0 Å². The second-order valence-electron chi connectivity index (χ2n) is 6.98. The van der Waals surface area contributed by atoms with Crippen molar-refractivity contribution in [1.29, 1.82) is 0 Å². The van der Waals surface area contributed by atoms with Crippen molar-refractivity contribution in [2.24, 2.45) is 0 Å². The van der Waals surface area contributed by atoms with E-state index in [1.54, 1.807) is 6.07 Å². The number of aryl methyl sites for hydroxylation is 1. The van der Waals surface area contributed by atoms with Gasteiger partial charge in [-0.05, 0) is 58.5 Å². The molecule has 0 radical (unpaired) electrons. The molecule has 2 heterocycles. The average molecular weight is 357 g/mol. The van der Waals surface area contributed by atoms with Crippen LogP contribution in [0.3, 0.4) is 0 Å². The Bertz CT molecular complexity index is 810. The average Bonchev–Trinajstić information content (AvgIpc) is 3.16. The van der Waals surface area contributed by atoms with E-state index < -0.39 is 0 Å². The fraction of sp³-hybridized carbons (Fsp3) is 0.500. The van der Waals surface area contributed by atoms with Crippen LogP contribution in [0, 0.1) is 6.92 Å². The first-order valence-electron chi connectivity index (χ1n) is 9.23. The number of nitrogens with one attached hydrogen (secondary N) is 1. The first-order valence-corrected chi connectivity index (χ1v) is 9.23. The first kappa shape index (κ1) is 18.5. The van der Waals surface area contributed by atoms with Crippen molar-refractivity contribution in [2.45, 2.75) is 39.3 Å². The van der Waals surface area contributed by atoms with Gasteiger partial charge in [-0.3, -0.25) is 14.5 Å². The molecular weight excluding hydrogens is 330 g/mol. The van der Waals surface area contributed by atoms with Crippen molar-refractivity contribution in [3.05, 3.63) is 35.6 Å². The summed E-state index contributed by atoms with van der Waals surface area (Å²) in [6.07, 6.45) is 0.643. The van der Waals surface area contributed by atoms with E-state index >= 15 is 0 Å². The Morgan fingerprint density at radius 3 is 2.69 bits per heavy atom. The lowest BCUT2D eigenvalue weighted by Gasteiger charge is -2.26. The van der Waals surface area contributed by atoms with Gasteiger partial charge in [0.1, 0.15) is 11.3 Å². The normalized spacial score (nSPS) is 20.5. The van der Waals surface area contributed by atoms with Gasteiger partial charge < -0.3 is 14.6 Å². The number of likely N-dealkylation sites (N-methyl/N-ethyl adjacent to an activating group) is 2. The maximum Gasteiger partial charge on any atom is 0.251 e. The molecule has 1 saturated heterocycles. The van der Waals surface area contributed by atoms with Crippen LogP contribution in [0.25, 0.3) is 11.0 Å². The molecule has 2 atom stereocenters. The van der Waals surface area contributed by atoms with Crippen molar-refractivity contribution < 1.29 is 14.0 Å². The summed E-state index contributed by atoms with van der Waals surface area (Å²) in [7, 11) is 1.94. The van der Waals surface area contributed by atoms with E-state index in [9.17, 15) is 9.59 Å². The minimum absolute atomic E-state index is 0.0289. The van der Waals surface area contributed by atoms with Crippen LogP contribution >= 0.6 is 0 Å². The second-order valence-corrected chi connectivity index (χ2v) is 6.98. The Balaban J connectivity index is 1.66. The highest BCUT2D eigenvalue weighted by Gasteiger charge is 2.36. The van der Waals surface area contributed by atoms with Crippen LogP contribution in [0.5, 0.6) is 0 Å². The Kier molecular flexibility index (Phi) is 5.32. The molecule has 1 aliphatic heterocycles. The van der Waals surface area contributed by atoms with Gasteiger partial charge in [-0.25, -0.2) is 0 Å². The number of benzene rings is 1. The Labute approximate surface area is 154 Å². The number of hydrogen-bond donors (Lipinski definition) is 1. The van der Waals surface area contributed by atoms with Crippen LogP contribution in [0.4, 0.5) is 0 Å². The van der Waals surface area contributed by atoms with Crippen molar-refractivity contribution in [2.75, 3.05) is 26.7 Å². The largest absolute Gasteiger partial charge is 0.461 e. The van der Waals surface area contributed by atoms with E-state index in [1.165, 1.54) is 0 Å². The van der Waals surface area contributed by atoms with E-state index in [2.05, 4.69) is 5.32 Å². The van der Waals surface area contributed by atoms with Crippen LogP contribution in [0.15, 0.2) is 28.7 Å². The number of nitrogens with zero attached hydrogens (tertiary/aromatic N) is 2. The van der Waals surface area contributed by atoms with Crippen molar-refractivity contribution >= 4 is 22.8 Å². The molecule has 1 aromatic carbocycles. The zero-order valence-corrected chi connectivity index (χ0v) is 15.9. The third-order valence-electron chi connectivity index (χ3n) is 5.15. The molecule has 1 aliphatic rings. The van der Waals surface area contributed by atoms with E-state index in [0.717, 1.165) is 16.7 Å². The molecule has 0 aliphatic carbocycles. The fourth-order valence-corrected chi connectivity index (χ4v) is 3.72. The monoisotopic (exact) mass is 357 g/mol. The minimum atomic E-state index is -0.167. The van der Waals surface area contributed by atoms with Gasteiger partial charge in [-0.2, -0.15) is 0 Å². The van der Waals surface area contributed by atoms with Crippen molar-refractivity contribution in [3.63, 3.8) is 0 Å². The predicted octanol–water partition coefficient (Wildman–Crippen LogP) is 2.41. The summed E-state index contributed by atoms with van der Waals surface area (Å²) < 4.78 is 5.55. The number of amides is 2. The molecule has 140 valence electrons. The van der Waals surface area contributed by atoms with Gasteiger partial charge in [0, 0.05) is 36.6 Å². The van der Waals surface area contributed by atoms with E-state index in [4.69, 9.17) is 4.42 Å². The van der Waals surface area contributed by atoms with Gasteiger partial charge in [0.2, 0.25) is 5.91 Å². The summed E-state index contributed by atoms with van der Waals surface area (Å²) in [6.45, 7) is 7.96. The number of rotatable bonds is 5. The van der Waals surface area contributed by atoms with Gasteiger partial charge in [0.05, 0.1) is 6.04 Å². The quantitative estimate of drug-likeness (QED) is 0.892. The highest BCUT2D eigenvalue weighted by Crippen LogP contribution is 2.22. The number of furan rings is 1. The molecule has 2 aromatic rings. The third-order valence-corrected chi connectivity index (χ3v) is 5.15. The minimum Gasteiger partial charge on any atom is -0.461 e. The Morgan fingerprint density at radius 1 is 1.27 bits per heavy atom. The zero-order valence-electron chi connectivity index (χ0n) is 15.9. The molecule has 1 fully saturated rings. The summed E-state index contributed by atoms with van der Waals surface area (Å²) in [5.74, 6) is 0.859. The number of fused-ring (bicyclic) bond motifs is 1. The second kappa shape index (κ2) is 7.50. The van der Waals surface area contributed by atoms with Crippen LogP contribution < -0.4 is 5.32 Å². The summed E-state index contributed by atoms with van der Waals surface area (Å²) in [4.78, 5) is 29.1. The van der Waals surface area contributed by atoms with Crippen molar-refractivity contribution in [1.82, 2.24) is 15.1 Å². The van der Waals surface area contributed by atoms with Crippen LogP contribution in [0.1, 0.15) is 36.4 Å². The maximum absolute atomic E-state index is 12.6. The van der Waals surface area contributed by atoms with Gasteiger partial charge in [0.25, 0.3) is 5.91 Å². The van der Waals surface area contributed by atoms with Gasteiger partial charge in [0.15, 0.2) is 0 Å². The molecule has 1 N–H and O–H groups in total. The number of carbonyl (C=O) groups is 2. The van der Waals surface area contributed by atoms with E-state index in [0.29, 0.717) is 31.6 Å². The molecule has 0 saturated carbocycles. The molecule has 6 heteroatoms. The molecule has 0 unspecified atom stereocenters. The van der Waals surface area contributed by atoms with Crippen LogP contribution in [-0.4, -0.2) is 60.4 Å². The summed E-state index contributed by atoms with van der Waals surface area (Å²) in [5, 5.41) is 4.00. The molecule has 26 heavy (non-hydrogen) atoms. The van der Waals surface area contributed by atoms with E-state index in [1.807, 2.05) is 55.8 Å². The summed E-state index contributed by atoms with van der Waals surface area (Å²) in [6, 6.07) is 7.17. The SMILES string of the molecule is CCN(CC)C(=O)[C@@H]1C[C@@H](NC(=O)c2ccc3oc(C)cc3c2)CN1C. The topological polar surface area (TPSA) is 65.8 Å². The smallest absolute Gasteiger partial charge is 0.251 e. The number of likely N-dealkylation sites (tertiary alicyclic amines) is 1. The molecule has 1 aromatic heterocycles. The first-order chi connectivity index (χ1) is 12.4. The molecular formula is C20H27N3O3. The van der Waals surface area contributed by atoms with Crippen LogP contribution in [-0.2, 0) is 4.79 Å². The Morgan fingerprint density at radius 2 is 2.00 bits per heavy atom. The van der Waals surface area contributed by atoms with E-state index in [-0.39, 0.29) is 23.9 Å². The third kappa shape index (κ3) is 3.60. The predicted molar refractivity (Wildman–Crippen MR) is 101 cm³/mol. The molecule has 6 nitrogen and oxygen atoms in total. The number of hydrogen-bond acceptors (Lipinski definition) is 4. The van der Waals surface area contributed by atoms with Gasteiger partial charge in [-0.15, -0.1) is 0 Å². The molecule has 2 amide bonds. The van der Waals surface area contributed by atoms with Gasteiger partial charge in [-0.1, -0.05) is 0 Å². The lowest BCUT2D eigenvalue weighted by Crippen LogP contribution is -2.44. The summed E-state index contributed by atoms with van der Waals surface area (Å²) in [5.41, 5.74) is 1.39. The molecule has 3 rings (SSSR count). The highest BCUT2D eigenvalue weighted by atomic mass is 16.3. The highest BCUT2D eigenvalue weighted by molar-refractivity contribution is 5.98. The van der Waals surface area contributed by atoms with Crippen molar-refractivity contribution in [3.8, 4) is 0 Å². The number of carbonyl (C=O) groups excluding carboxylic acids is 2. The maximum atomic E-state index is 12.6.